The standard InChI is InChI=1S/C22H32FN7O4/c23-17-5-3-16(4-6-17)15-30-19-18(20(31)29-21(25)28-19)27-22(30)26-8-2-10-33-12-14-34-13-11-32-9-1-7-24/h3-6H,1-2,7-15,24H2,(H,26,27)(H3,25,28,29,31). The second-order valence-electron chi connectivity index (χ2n) is 7.53. The van der Waals surface area contributed by atoms with Gasteiger partial charge in [-0.25, -0.2) is 9.37 Å². The van der Waals surface area contributed by atoms with Crippen molar-refractivity contribution in [1.82, 2.24) is 19.5 Å². The zero-order valence-electron chi connectivity index (χ0n) is 19.1. The lowest BCUT2D eigenvalue weighted by molar-refractivity contribution is 0.0144. The predicted molar refractivity (Wildman–Crippen MR) is 127 cm³/mol. The molecule has 0 saturated carbocycles. The molecule has 34 heavy (non-hydrogen) atoms. The highest BCUT2D eigenvalue weighted by molar-refractivity contribution is 5.74. The number of imidazole rings is 1. The molecule has 0 atom stereocenters. The van der Waals surface area contributed by atoms with E-state index in [1.807, 2.05) is 0 Å². The quantitative estimate of drug-likeness (QED) is 0.222. The maximum Gasteiger partial charge on any atom is 0.280 e. The number of rotatable bonds is 16. The zero-order valence-corrected chi connectivity index (χ0v) is 19.1. The van der Waals surface area contributed by atoms with Gasteiger partial charge in [-0.2, -0.15) is 4.98 Å². The summed E-state index contributed by atoms with van der Waals surface area (Å²) in [6.45, 7) is 4.78. The van der Waals surface area contributed by atoms with Crippen LogP contribution in [0.3, 0.4) is 0 Å². The summed E-state index contributed by atoms with van der Waals surface area (Å²) in [6.07, 6.45) is 1.56. The van der Waals surface area contributed by atoms with Gasteiger partial charge in [0.1, 0.15) is 5.82 Å². The fourth-order valence-corrected chi connectivity index (χ4v) is 3.19. The second-order valence-corrected chi connectivity index (χ2v) is 7.53. The number of hydrogen-bond donors (Lipinski definition) is 4. The Balaban J connectivity index is 1.46. The molecule has 0 aliphatic rings. The predicted octanol–water partition coefficient (Wildman–Crippen LogP) is 1.09. The fourth-order valence-electron chi connectivity index (χ4n) is 3.19. The molecule has 3 rings (SSSR count). The Labute approximate surface area is 196 Å². The third-order valence-corrected chi connectivity index (χ3v) is 4.86. The van der Waals surface area contributed by atoms with Crippen molar-refractivity contribution in [3.05, 3.63) is 46.0 Å². The van der Waals surface area contributed by atoms with Crippen LogP contribution >= 0.6 is 0 Å². The van der Waals surface area contributed by atoms with Gasteiger partial charge < -0.3 is 31.0 Å². The van der Waals surface area contributed by atoms with Crippen LogP contribution in [0.15, 0.2) is 29.1 Å². The van der Waals surface area contributed by atoms with Crippen LogP contribution in [0.2, 0.25) is 0 Å². The minimum atomic E-state index is -0.420. The first-order valence-corrected chi connectivity index (χ1v) is 11.3. The molecular formula is C22H32FN7O4. The van der Waals surface area contributed by atoms with Gasteiger partial charge >= 0.3 is 0 Å². The molecule has 1 aromatic carbocycles. The van der Waals surface area contributed by atoms with E-state index in [0.717, 1.165) is 12.0 Å². The van der Waals surface area contributed by atoms with Gasteiger partial charge in [-0.15, -0.1) is 0 Å². The first-order chi connectivity index (χ1) is 16.6. The van der Waals surface area contributed by atoms with Crippen LogP contribution in [0.5, 0.6) is 0 Å². The third kappa shape index (κ3) is 7.76. The first-order valence-electron chi connectivity index (χ1n) is 11.3. The van der Waals surface area contributed by atoms with E-state index in [4.69, 9.17) is 25.7 Å². The third-order valence-electron chi connectivity index (χ3n) is 4.86. The van der Waals surface area contributed by atoms with E-state index in [0.29, 0.717) is 77.3 Å². The van der Waals surface area contributed by atoms with E-state index >= 15 is 0 Å². The highest BCUT2D eigenvalue weighted by Gasteiger charge is 2.16. The van der Waals surface area contributed by atoms with Crippen LogP contribution in [-0.4, -0.2) is 72.2 Å². The summed E-state index contributed by atoms with van der Waals surface area (Å²) in [5.74, 6) is 0.153. The van der Waals surface area contributed by atoms with E-state index in [-0.39, 0.29) is 17.3 Å². The number of nitrogen functional groups attached to an aromatic ring is 1. The van der Waals surface area contributed by atoms with E-state index in [1.165, 1.54) is 12.1 Å². The van der Waals surface area contributed by atoms with Crippen molar-refractivity contribution in [2.24, 2.45) is 5.73 Å². The second kappa shape index (κ2) is 13.6. The molecule has 0 radical (unpaired) electrons. The Kier molecular flexibility index (Phi) is 10.2. The molecule has 0 amide bonds. The van der Waals surface area contributed by atoms with Gasteiger partial charge in [-0.05, 0) is 37.1 Å². The number of ether oxygens (including phenoxy) is 3. The van der Waals surface area contributed by atoms with Crippen LogP contribution in [0.1, 0.15) is 18.4 Å². The van der Waals surface area contributed by atoms with Crippen LogP contribution in [0.4, 0.5) is 16.3 Å². The number of anilines is 2. The SMILES string of the molecule is NCCCOCCOCCOCCCNc1nc2c(=O)[nH]c(N)nc2n1Cc1ccc(F)cc1. The maximum absolute atomic E-state index is 13.3. The number of aromatic nitrogens is 4. The molecule has 0 aliphatic heterocycles. The molecule has 0 saturated heterocycles. The zero-order chi connectivity index (χ0) is 24.2. The lowest BCUT2D eigenvalue weighted by atomic mass is 10.2. The topological polar surface area (TPSA) is 155 Å². The number of nitrogens with zero attached hydrogens (tertiary/aromatic N) is 3. The maximum atomic E-state index is 13.3. The van der Waals surface area contributed by atoms with Crippen molar-refractivity contribution >= 4 is 23.1 Å². The van der Waals surface area contributed by atoms with Crippen LogP contribution in [0, 0.1) is 5.82 Å². The Morgan fingerprint density at radius 1 is 0.971 bits per heavy atom. The van der Waals surface area contributed by atoms with Gasteiger partial charge in [0.15, 0.2) is 11.2 Å². The number of nitrogens with two attached hydrogens (primary N) is 2. The lowest BCUT2D eigenvalue weighted by Crippen LogP contribution is -2.14. The lowest BCUT2D eigenvalue weighted by Gasteiger charge is -2.11. The summed E-state index contributed by atoms with van der Waals surface area (Å²) in [7, 11) is 0. The van der Waals surface area contributed by atoms with E-state index in [2.05, 4.69) is 20.3 Å². The van der Waals surface area contributed by atoms with E-state index in [9.17, 15) is 9.18 Å². The van der Waals surface area contributed by atoms with Crippen LogP contribution < -0.4 is 22.3 Å². The van der Waals surface area contributed by atoms with Gasteiger partial charge in [0.2, 0.25) is 11.9 Å². The monoisotopic (exact) mass is 477 g/mol. The average Bonchev–Trinajstić information content (AvgIpc) is 3.16. The molecule has 0 unspecified atom stereocenters. The molecule has 3 aromatic rings. The van der Waals surface area contributed by atoms with Gasteiger partial charge in [-0.3, -0.25) is 14.3 Å². The minimum Gasteiger partial charge on any atom is -0.379 e. The largest absolute Gasteiger partial charge is 0.379 e. The summed E-state index contributed by atoms with van der Waals surface area (Å²) in [4.78, 5) is 23.4. The van der Waals surface area contributed by atoms with Crippen molar-refractivity contribution in [3.8, 4) is 0 Å². The fraction of sp³-hybridized carbons (Fsp3) is 0.500. The number of hydrogen-bond acceptors (Lipinski definition) is 9. The van der Waals surface area contributed by atoms with Crippen LogP contribution in [0.25, 0.3) is 11.2 Å². The van der Waals surface area contributed by atoms with E-state index in [1.54, 1.807) is 16.7 Å². The highest BCUT2D eigenvalue weighted by Crippen LogP contribution is 2.18. The number of H-pyrrole nitrogens is 1. The summed E-state index contributed by atoms with van der Waals surface area (Å²) in [6, 6.07) is 6.10. The summed E-state index contributed by atoms with van der Waals surface area (Å²) >= 11 is 0. The van der Waals surface area contributed by atoms with Crippen molar-refractivity contribution in [1.29, 1.82) is 0 Å². The van der Waals surface area contributed by atoms with Gasteiger partial charge in [-0.1, -0.05) is 12.1 Å². The number of halogens is 1. The van der Waals surface area contributed by atoms with Crippen molar-refractivity contribution in [3.63, 3.8) is 0 Å². The molecule has 0 fully saturated rings. The molecule has 0 aliphatic carbocycles. The van der Waals surface area contributed by atoms with Gasteiger partial charge in [0, 0.05) is 19.8 Å². The molecule has 0 bridgehead atoms. The molecule has 2 aromatic heterocycles. The Morgan fingerprint density at radius 3 is 2.29 bits per heavy atom. The Hall–Kier alpha value is -3.06. The summed E-state index contributed by atoms with van der Waals surface area (Å²) < 4.78 is 31.4. The first kappa shape index (κ1) is 25.6. The van der Waals surface area contributed by atoms with Crippen molar-refractivity contribution < 1.29 is 18.6 Å². The molecule has 12 heteroatoms. The molecule has 0 spiro atoms. The number of nitrogens with one attached hydrogen (secondary N) is 2. The minimum absolute atomic E-state index is 0.00190. The molecule has 11 nitrogen and oxygen atoms in total. The molecule has 6 N–H and O–H groups in total. The number of fused-ring (bicyclic) bond motifs is 1. The highest BCUT2D eigenvalue weighted by atomic mass is 19.1. The average molecular weight is 478 g/mol. The van der Waals surface area contributed by atoms with Crippen LogP contribution in [-0.2, 0) is 20.8 Å². The van der Waals surface area contributed by atoms with E-state index < -0.39 is 5.56 Å². The Bertz CT molecular complexity index is 1070. The number of benzene rings is 1. The smallest absolute Gasteiger partial charge is 0.280 e. The number of aromatic amines is 1. The normalized spacial score (nSPS) is 11.4. The van der Waals surface area contributed by atoms with Crippen molar-refractivity contribution in [2.45, 2.75) is 19.4 Å². The Morgan fingerprint density at radius 2 is 1.62 bits per heavy atom. The van der Waals surface area contributed by atoms with Gasteiger partial charge in [0.05, 0.1) is 33.0 Å². The summed E-state index contributed by atoms with van der Waals surface area (Å²) in [5.41, 5.74) is 12.1. The van der Waals surface area contributed by atoms with Crippen molar-refractivity contribution in [2.75, 3.05) is 63.8 Å². The molecule has 186 valence electrons. The molecular weight excluding hydrogens is 445 g/mol. The summed E-state index contributed by atoms with van der Waals surface area (Å²) in [5, 5.41) is 3.22. The molecule has 2 heterocycles. The van der Waals surface area contributed by atoms with Gasteiger partial charge in [0.25, 0.3) is 5.56 Å².